The molecule has 0 saturated carbocycles. The fourth-order valence-electron chi connectivity index (χ4n) is 3.93. The number of nitrogens with zero attached hydrogens (tertiary/aromatic N) is 3. The summed E-state index contributed by atoms with van der Waals surface area (Å²) in [6, 6.07) is 23.7. The van der Waals surface area contributed by atoms with Crippen LogP contribution in [0, 0.1) is 6.92 Å². The van der Waals surface area contributed by atoms with Crippen molar-refractivity contribution in [3.8, 4) is 11.5 Å². The molecule has 5 rings (SSSR count). The van der Waals surface area contributed by atoms with Crippen molar-refractivity contribution in [1.82, 2.24) is 14.8 Å². The SMILES string of the molecule is CC1=C(C(=O)Nc2ccc(Oc3ccccc3)cc2)C(c2ccc(Cl)cc2)n2nc(C)nc2N1. The summed E-state index contributed by atoms with van der Waals surface area (Å²) in [5.74, 6) is 2.40. The Hall–Kier alpha value is -4.10. The first kappa shape index (κ1) is 21.7. The zero-order valence-corrected chi connectivity index (χ0v) is 19.4. The Morgan fingerprint density at radius 1 is 0.971 bits per heavy atom. The highest BCUT2D eigenvalue weighted by atomic mass is 35.5. The van der Waals surface area contributed by atoms with Gasteiger partial charge in [-0.05, 0) is 67.9 Å². The number of rotatable bonds is 5. The molecule has 0 radical (unpaired) electrons. The lowest BCUT2D eigenvalue weighted by Crippen LogP contribution is -2.31. The number of amides is 1. The van der Waals surface area contributed by atoms with Crippen LogP contribution in [0.15, 0.2) is 90.1 Å². The molecule has 7 nitrogen and oxygen atoms in total. The van der Waals surface area contributed by atoms with Gasteiger partial charge in [0.15, 0.2) is 0 Å². The van der Waals surface area contributed by atoms with Gasteiger partial charge >= 0.3 is 0 Å². The highest BCUT2D eigenvalue weighted by molar-refractivity contribution is 6.30. The Morgan fingerprint density at radius 3 is 2.35 bits per heavy atom. The second kappa shape index (κ2) is 9.03. The number of allylic oxidation sites excluding steroid dienone is 1. The molecule has 1 aliphatic rings. The first-order valence-corrected chi connectivity index (χ1v) is 11.2. The number of carbonyl (C=O) groups is 1. The van der Waals surface area contributed by atoms with E-state index in [0.717, 1.165) is 11.3 Å². The van der Waals surface area contributed by atoms with Crippen molar-refractivity contribution < 1.29 is 9.53 Å². The lowest BCUT2D eigenvalue weighted by atomic mass is 9.95. The molecule has 1 atom stereocenters. The van der Waals surface area contributed by atoms with Gasteiger partial charge < -0.3 is 15.4 Å². The van der Waals surface area contributed by atoms with Crippen LogP contribution in [0.3, 0.4) is 0 Å². The van der Waals surface area contributed by atoms with Crippen molar-refractivity contribution in [3.63, 3.8) is 0 Å². The molecule has 0 saturated heterocycles. The van der Waals surface area contributed by atoms with Crippen LogP contribution in [-0.2, 0) is 4.79 Å². The number of nitrogens with one attached hydrogen (secondary N) is 2. The zero-order chi connectivity index (χ0) is 23.7. The number of ether oxygens (including phenoxy) is 1. The second-order valence-electron chi connectivity index (χ2n) is 7.94. The summed E-state index contributed by atoms with van der Waals surface area (Å²) in [4.78, 5) is 17.9. The molecule has 1 aromatic heterocycles. The van der Waals surface area contributed by atoms with E-state index in [1.807, 2.05) is 80.6 Å². The van der Waals surface area contributed by atoms with Gasteiger partial charge in [0.05, 0.1) is 5.57 Å². The van der Waals surface area contributed by atoms with Gasteiger partial charge in [-0.25, -0.2) is 4.68 Å². The van der Waals surface area contributed by atoms with Gasteiger partial charge in [-0.2, -0.15) is 10.1 Å². The van der Waals surface area contributed by atoms with E-state index < -0.39 is 6.04 Å². The minimum atomic E-state index is -0.449. The van der Waals surface area contributed by atoms with Crippen LogP contribution in [0.2, 0.25) is 5.02 Å². The van der Waals surface area contributed by atoms with Gasteiger partial charge in [-0.1, -0.05) is 41.9 Å². The highest BCUT2D eigenvalue weighted by Crippen LogP contribution is 2.36. The van der Waals surface area contributed by atoms with Crippen molar-refractivity contribution in [1.29, 1.82) is 0 Å². The molecule has 4 aromatic rings. The van der Waals surface area contributed by atoms with Gasteiger partial charge in [0.2, 0.25) is 5.95 Å². The summed E-state index contributed by atoms with van der Waals surface area (Å²) in [5, 5.41) is 11.4. The Morgan fingerprint density at radius 2 is 1.65 bits per heavy atom. The molecular formula is C26H22ClN5O2. The minimum absolute atomic E-state index is 0.236. The number of hydrogen-bond acceptors (Lipinski definition) is 5. The molecule has 0 spiro atoms. The van der Waals surface area contributed by atoms with Gasteiger partial charge in [0.1, 0.15) is 23.4 Å². The lowest BCUT2D eigenvalue weighted by Gasteiger charge is -2.28. The van der Waals surface area contributed by atoms with Gasteiger partial charge in [0.25, 0.3) is 5.91 Å². The number of benzene rings is 3. The fourth-order valence-corrected chi connectivity index (χ4v) is 4.06. The molecule has 1 unspecified atom stereocenters. The first-order chi connectivity index (χ1) is 16.5. The summed E-state index contributed by atoms with van der Waals surface area (Å²) >= 11 is 6.11. The summed E-state index contributed by atoms with van der Waals surface area (Å²) < 4.78 is 7.57. The Kier molecular flexibility index (Phi) is 5.77. The summed E-state index contributed by atoms with van der Waals surface area (Å²) in [6.07, 6.45) is 0. The van der Waals surface area contributed by atoms with Crippen molar-refractivity contribution in [2.24, 2.45) is 0 Å². The highest BCUT2D eigenvalue weighted by Gasteiger charge is 2.34. The number of carbonyl (C=O) groups excluding carboxylic acids is 1. The number of halogens is 1. The second-order valence-corrected chi connectivity index (χ2v) is 8.38. The maximum Gasteiger partial charge on any atom is 0.255 e. The van der Waals surface area contributed by atoms with Crippen LogP contribution in [0.4, 0.5) is 11.6 Å². The van der Waals surface area contributed by atoms with Crippen LogP contribution >= 0.6 is 11.6 Å². The van der Waals surface area contributed by atoms with Gasteiger partial charge in [0, 0.05) is 16.4 Å². The lowest BCUT2D eigenvalue weighted by molar-refractivity contribution is -0.113. The van der Waals surface area contributed by atoms with Crippen LogP contribution in [0.5, 0.6) is 11.5 Å². The van der Waals surface area contributed by atoms with Crippen LogP contribution in [-0.4, -0.2) is 20.7 Å². The molecule has 1 aliphatic heterocycles. The molecular weight excluding hydrogens is 450 g/mol. The van der Waals surface area contributed by atoms with E-state index in [4.69, 9.17) is 16.3 Å². The Bertz CT molecular complexity index is 1360. The monoisotopic (exact) mass is 471 g/mol. The molecule has 34 heavy (non-hydrogen) atoms. The molecule has 1 amide bonds. The van der Waals surface area contributed by atoms with E-state index in [-0.39, 0.29) is 5.91 Å². The predicted octanol–water partition coefficient (Wildman–Crippen LogP) is 5.96. The van der Waals surface area contributed by atoms with Crippen LogP contribution in [0.25, 0.3) is 0 Å². The summed E-state index contributed by atoms with van der Waals surface area (Å²) in [5.41, 5.74) is 2.79. The third kappa shape index (κ3) is 4.38. The van der Waals surface area contributed by atoms with E-state index in [9.17, 15) is 4.79 Å². The molecule has 2 N–H and O–H groups in total. The summed E-state index contributed by atoms with van der Waals surface area (Å²) in [6.45, 7) is 3.68. The minimum Gasteiger partial charge on any atom is -0.457 e. The maximum atomic E-state index is 13.5. The quantitative estimate of drug-likeness (QED) is 0.375. The first-order valence-electron chi connectivity index (χ1n) is 10.8. The number of aromatic nitrogens is 3. The zero-order valence-electron chi connectivity index (χ0n) is 18.6. The topological polar surface area (TPSA) is 81.1 Å². The number of fused-ring (bicyclic) bond motifs is 1. The van der Waals surface area contributed by atoms with Gasteiger partial charge in [-0.15, -0.1) is 0 Å². The Labute approximate surface area is 202 Å². The molecule has 0 aliphatic carbocycles. The van der Waals surface area contributed by atoms with Crippen molar-refractivity contribution in [2.75, 3.05) is 10.6 Å². The molecule has 3 aromatic carbocycles. The number of anilines is 2. The maximum absolute atomic E-state index is 13.5. The third-order valence-electron chi connectivity index (χ3n) is 5.48. The van der Waals surface area contributed by atoms with E-state index in [1.165, 1.54) is 0 Å². The van der Waals surface area contributed by atoms with Crippen molar-refractivity contribution in [3.05, 3.63) is 107 Å². The van der Waals surface area contributed by atoms with E-state index in [1.54, 1.807) is 16.8 Å². The standard InChI is InChI=1S/C26H22ClN5O2/c1-16-23(24(18-8-10-19(27)11-9-18)32-26(28-16)29-17(2)31-32)25(33)30-20-12-14-22(15-13-20)34-21-6-4-3-5-7-21/h3-15,24H,1-2H3,(H,30,33)(H,28,29,31). The summed E-state index contributed by atoms with van der Waals surface area (Å²) in [7, 11) is 0. The largest absolute Gasteiger partial charge is 0.457 e. The van der Waals surface area contributed by atoms with E-state index in [2.05, 4.69) is 20.7 Å². The number of para-hydroxylation sites is 1. The van der Waals surface area contributed by atoms with Crippen molar-refractivity contribution >= 4 is 29.1 Å². The smallest absolute Gasteiger partial charge is 0.255 e. The van der Waals surface area contributed by atoms with E-state index >= 15 is 0 Å². The molecule has 8 heteroatoms. The third-order valence-corrected chi connectivity index (χ3v) is 5.73. The predicted molar refractivity (Wildman–Crippen MR) is 132 cm³/mol. The average Bonchev–Trinajstić information content (AvgIpc) is 3.20. The van der Waals surface area contributed by atoms with Crippen LogP contribution in [0.1, 0.15) is 24.4 Å². The number of aryl methyl sites for hydroxylation is 1. The molecule has 2 heterocycles. The fraction of sp³-hybridized carbons (Fsp3) is 0.115. The van der Waals surface area contributed by atoms with E-state index in [0.29, 0.717) is 39.5 Å². The Balaban J connectivity index is 1.41. The molecule has 170 valence electrons. The molecule has 0 bridgehead atoms. The van der Waals surface area contributed by atoms with Crippen LogP contribution < -0.4 is 15.4 Å². The average molecular weight is 472 g/mol. The van der Waals surface area contributed by atoms with Gasteiger partial charge in [-0.3, -0.25) is 4.79 Å². The molecule has 0 fully saturated rings. The number of hydrogen-bond donors (Lipinski definition) is 2. The normalized spacial score (nSPS) is 14.9. The van der Waals surface area contributed by atoms with Crippen molar-refractivity contribution in [2.45, 2.75) is 19.9 Å².